The fourth-order valence-corrected chi connectivity index (χ4v) is 2.19. The van der Waals surface area contributed by atoms with E-state index in [0.717, 1.165) is 5.56 Å². The highest BCUT2D eigenvalue weighted by Gasteiger charge is 2.20. The fraction of sp³-hybridized carbons (Fsp3) is 0.312. The van der Waals surface area contributed by atoms with Gasteiger partial charge in [0.05, 0.1) is 12.7 Å². The van der Waals surface area contributed by atoms with Crippen molar-refractivity contribution in [3.05, 3.63) is 41.2 Å². The van der Waals surface area contributed by atoms with Gasteiger partial charge < -0.3 is 15.4 Å². The quantitative estimate of drug-likeness (QED) is 0.490. The molecule has 0 aromatic heterocycles. The number of carbonyl (C=O) groups is 3. The second kappa shape index (κ2) is 7.53. The number of aryl methyl sites for hydroxylation is 1. The van der Waals surface area contributed by atoms with E-state index in [0.29, 0.717) is 24.9 Å². The van der Waals surface area contributed by atoms with Gasteiger partial charge >= 0.3 is 5.97 Å². The first-order valence-corrected chi connectivity index (χ1v) is 7.16. The van der Waals surface area contributed by atoms with Crippen molar-refractivity contribution in [1.29, 1.82) is 0 Å². The maximum absolute atomic E-state index is 14.0. The molecular weight excluding hydrogens is 303 g/mol. The third-order valence-electron chi connectivity index (χ3n) is 3.38. The van der Waals surface area contributed by atoms with Crippen molar-refractivity contribution in [2.24, 2.45) is 0 Å². The van der Waals surface area contributed by atoms with Crippen molar-refractivity contribution >= 4 is 23.5 Å². The summed E-state index contributed by atoms with van der Waals surface area (Å²) in [6.07, 6.45) is 4.03. The Hall–Kier alpha value is -2.70. The lowest BCUT2D eigenvalue weighted by Gasteiger charge is -2.18. The Morgan fingerprint density at radius 2 is 2.17 bits per heavy atom. The van der Waals surface area contributed by atoms with Crippen LogP contribution in [-0.4, -0.2) is 31.4 Å². The van der Waals surface area contributed by atoms with Gasteiger partial charge in [0, 0.05) is 24.7 Å². The predicted octanol–water partition coefficient (Wildman–Crippen LogP) is 1.56. The minimum absolute atomic E-state index is 0.0585. The van der Waals surface area contributed by atoms with Gasteiger partial charge in [-0.25, -0.2) is 9.18 Å². The molecule has 1 heterocycles. The molecule has 2 N–H and O–H groups in total. The highest BCUT2D eigenvalue weighted by atomic mass is 19.1. The average molecular weight is 320 g/mol. The van der Waals surface area contributed by atoms with Crippen LogP contribution in [0, 0.1) is 5.82 Å². The molecule has 6 nitrogen and oxygen atoms in total. The summed E-state index contributed by atoms with van der Waals surface area (Å²) in [7, 11) is 1.27. The lowest BCUT2D eigenvalue weighted by atomic mass is 9.99. The third-order valence-corrected chi connectivity index (χ3v) is 3.38. The van der Waals surface area contributed by atoms with E-state index in [2.05, 4.69) is 15.4 Å². The van der Waals surface area contributed by atoms with Crippen molar-refractivity contribution in [3.63, 3.8) is 0 Å². The van der Waals surface area contributed by atoms with Gasteiger partial charge in [0.15, 0.2) is 0 Å². The van der Waals surface area contributed by atoms with E-state index >= 15 is 0 Å². The molecule has 1 aliphatic heterocycles. The second-order valence-corrected chi connectivity index (χ2v) is 5.01. The van der Waals surface area contributed by atoms with E-state index < -0.39 is 17.7 Å². The standard InChI is InChI=1S/C16H17FN2O4/c1-23-15(21)4-2-3-7-18-16(22)11-8-10-5-6-14(20)19-13(10)9-12(11)17/h2,4,8-9H,3,5-7H2,1H3,(H,18,22)(H,19,20)/b4-2+. The van der Waals surface area contributed by atoms with E-state index in [9.17, 15) is 18.8 Å². The summed E-state index contributed by atoms with van der Waals surface area (Å²) in [4.78, 5) is 34.1. The molecule has 1 aromatic carbocycles. The number of hydrogen-bond donors (Lipinski definition) is 2. The van der Waals surface area contributed by atoms with E-state index in [4.69, 9.17) is 0 Å². The SMILES string of the molecule is COC(=O)/C=C/CCNC(=O)c1cc2c(cc1F)NC(=O)CC2. The molecule has 2 amide bonds. The molecule has 2 rings (SSSR count). The molecule has 0 fully saturated rings. The van der Waals surface area contributed by atoms with E-state index in [-0.39, 0.29) is 18.0 Å². The predicted molar refractivity (Wildman–Crippen MR) is 81.5 cm³/mol. The molecule has 0 aliphatic carbocycles. The molecule has 0 radical (unpaired) electrons. The number of halogens is 1. The molecule has 23 heavy (non-hydrogen) atoms. The van der Waals surface area contributed by atoms with Crippen LogP contribution in [0.25, 0.3) is 0 Å². The van der Waals surface area contributed by atoms with Crippen molar-refractivity contribution < 1.29 is 23.5 Å². The molecule has 0 atom stereocenters. The van der Waals surface area contributed by atoms with Crippen LogP contribution in [-0.2, 0) is 20.7 Å². The lowest BCUT2D eigenvalue weighted by molar-refractivity contribution is -0.134. The normalized spacial score (nSPS) is 13.4. The number of methoxy groups -OCH3 is 1. The minimum atomic E-state index is -0.687. The molecule has 0 bridgehead atoms. The number of anilines is 1. The number of benzene rings is 1. The molecular formula is C16H17FN2O4. The molecule has 122 valence electrons. The molecule has 0 unspecified atom stereocenters. The maximum atomic E-state index is 14.0. The largest absolute Gasteiger partial charge is 0.466 e. The van der Waals surface area contributed by atoms with Gasteiger partial charge in [-0.05, 0) is 30.5 Å². The van der Waals surface area contributed by atoms with Gasteiger partial charge in [0.2, 0.25) is 5.91 Å². The van der Waals surface area contributed by atoms with Crippen LogP contribution in [0.15, 0.2) is 24.3 Å². The summed E-state index contributed by atoms with van der Waals surface area (Å²) >= 11 is 0. The highest BCUT2D eigenvalue weighted by molar-refractivity contribution is 5.98. The van der Waals surface area contributed by atoms with Gasteiger partial charge in [0.1, 0.15) is 5.82 Å². The smallest absolute Gasteiger partial charge is 0.330 e. The summed E-state index contributed by atoms with van der Waals surface area (Å²) in [5.41, 5.74) is 1.09. The Morgan fingerprint density at radius 1 is 1.39 bits per heavy atom. The number of fused-ring (bicyclic) bond motifs is 1. The van der Waals surface area contributed by atoms with Crippen LogP contribution in [0.4, 0.5) is 10.1 Å². The van der Waals surface area contributed by atoms with E-state index in [1.54, 1.807) is 6.08 Å². The highest BCUT2D eigenvalue weighted by Crippen LogP contribution is 2.25. The summed E-state index contributed by atoms with van der Waals surface area (Å²) in [5.74, 6) is -1.85. The summed E-state index contributed by atoms with van der Waals surface area (Å²) in [6, 6.07) is 2.63. The summed E-state index contributed by atoms with van der Waals surface area (Å²) < 4.78 is 18.4. The first kappa shape index (κ1) is 16.7. The number of rotatable bonds is 5. The number of ether oxygens (including phenoxy) is 1. The molecule has 0 saturated carbocycles. The summed E-state index contributed by atoms with van der Waals surface area (Å²) in [5, 5.41) is 5.16. The Kier molecular flexibility index (Phi) is 5.46. The number of amides is 2. The maximum Gasteiger partial charge on any atom is 0.330 e. The van der Waals surface area contributed by atoms with Gasteiger partial charge in [-0.3, -0.25) is 9.59 Å². The first-order valence-electron chi connectivity index (χ1n) is 7.16. The Balaban J connectivity index is 1.96. The molecule has 7 heteroatoms. The number of carbonyl (C=O) groups excluding carboxylic acids is 3. The minimum Gasteiger partial charge on any atom is -0.466 e. The monoisotopic (exact) mass is 320 g/mol. The first-order chi connectivity index (χ1) is 11.0. The zero-order chi connectivity index (χ0) is 16.8. The van der Waals surface area contributed by atoms with Crippen LogP contribution in [0.2, 0.25) is 0 Å². The average Bonchev–Trinajstić information content (AvgIpc) is 2.53. The fourth-order valence-electron chi connectivity index (χ4n) is 2.19. The molecule has 1 aliphatic rings. The zero-order valence-electron chi connectivity index (χ0n) is 12.6. The molecule has 1 aromatic rings. The van der Waals surface area contributed by atoms with E-state index in [1.807, 2.05) is 0 Å². The Bertz CT molecular complexity index is 670. The van der Waals surface area contributed by atoms with Crippen molar-refractivity contribution in [3.8, 4) is 0 Å². The second-order valence-electron chi connectivity index (χ2n) is 5.01. The number of hydrogen-bond acceptors (Lipinski definition) is 4. The van der Waals surface area contributed by atoms with Crippen molar-refractivity contribution in [2.75, 3.05) is 19.0 Å². The number of esters is 1. The van der Waals surface area contributed by atoms with E-state index in [1.165, 1.54) is 25.3 Å². The van der Waals surface area contributed by atoms with Crippen molar-refractivity contribution in [1.82, 2.24) is 5.32 Å². The van der Waals surface area contributed by atoms with Gasteiger partial charge in [0.25, 0.3) is 5.91 Å². The topological polar surface area (TPSA) is 84.5 Å². The van der Waals surface area contributed by atoms with Gasteiger partial charge in [-0.2, -0.15) is 0 Å². The number of nitrogens with one attached hydrogen (secondary N) is 2. The van der Waals surface area contributed by atoms with Gasteiger partial charge in [-0.1, -0.05) is 6.08 Å². The van der Waals surface area contributed by atoms with Crippen LogP contribution in [0.1, 0.15) is 28.8 Å². The third kappa shape index (κ3) is 4.38. The van der Waals surface area contributed by atoms with Crippen LogP contribution >= 0.6 is 0 Å². The molecule has 0 saturated heterocycles. The van der Waals surface area contributed by atoms with Crippen LogP contribution in [0.5, 0.6) is 0 Å². The van der Waals surface area contributed by atoms with Crippen LogP contribution in [0.3, 0.4) is 0 Å². The zero-order valence-corrected chi connectivity index (χ0v) is 12.6. The van der Waals surface area contributed by atoms with Crippen LogP contribution < -0.4 is 10.6 Å². The molecule has 0 spiro atoms. The Morgan fingerprint density at radius 3 is 2.91 bits per heavy atom. The van der Waals surface area contributed by atoms with Crippen molar-refractivity contribution in [2.45, 2.75) is 19.3 Å². The Labute approximate surface area is 132 Å². The van der Waals surface area contributed by atoms with Gasteiger partial charge in [-0.15, -0.1) is 0 Å². The summed E-state index contributed by atoms with van der Waals surface area (Å²) in [6.45, 7) is 0.263. The lowest BCUT2D eigenvalue weighted by Crippen LogP contribution is -2.26.